The van der Waals surface area contributed by atoms with Gasteiger partial charge in [-0.1, -0.05) is 12.1 Å². The molecule has 1 heterocycles. The van der Waals surface area contributed by atoms with Crippen LogP contribution in [0, 0.1) is 0 Å². The van der Waals surface area contributed by atoms with Gasteiger partial charge in [-0.15, -0.1) is 0 Å². The van der Waals surface area contributed by atoms with Gasteiger partial charge in [-0.3, -0.25) is 0 Å². The van der Waals surface area contributed by atoms with Crippen LogP contribution in [0.2, 0.25) is 0 Å². The maximum absolute atomic E-state index is 12.5. The van der Waals surface area contributed by atoms with Gasteiger partial charge in [0, 0.05) is 13.7 Å². The highest BCUT2D eigenvalue weighted by Gasteiger charge is 2.30. The zero-order chi connectivity index (χ0) is 17.8. The molecule has 1 aromatic heterocycles. The number of benzene rings is 1. The highest BCUT2D eigenvalue weighted by Crippen LogP contribution is 2.29. The van der Waals surface area contributed by atoms with Crippen LogP contribution in [0.25, 0.3) is 0 Å². The topological polar surface area (TPSA) is 68.5 Å². The van der Waals surface area contributed by atoms with E-state index < -0.39 is 33.6 Å². The first-order chi connectivity index (χ1) is 11.2. The van der Waals surface area contributed by atoms with Crippen molar-refractivity contribution >= 4 is 10.0 Å². The van der Waals surface area contributed by atoms with Crippen molar-refractivity contribution in [1.82, 2.24) is 4.72 Å². The van der Waals surface area contributed by atoms with E-state index in [2.05, 4.69) is 4.72 Å². The summed E-state index contributed by atoms with van der Waals surface area (Å²) in [7, 11) is -2.32. The van der Waals surface area contributed by atoms with Gasteiger partial charge in [-0.2, -0.15) is 13.2 Å². The number of hydrogen-bond donors (Lipinski definition) is 1. The molecule has 0 unspecified atom stereocenters. The zero-order valence-electron chi connectivity index (χ0n) is 12.7. The summed E-state index contributed by atoms with van der Waals surface area (Å²) in [4.78, 5) is 0. The van der Waals surface area contributed by atoms with Crippen molar-refractivity contribution in [3.8, 4) is 0 Å². The van der Waals surface area contributed by atoms with E-state index in [4.69, 9.17) is 9.15 Å². The Balaban J connectivity index is 1.98. The van der Waals surface area contributed by atoms with Gasteiger partial charge in [0.05, 0.1) is 17.6 Å². The summed E-state index contributed by atoms with van der Waals surface area (Å²) < 4.78 is 74.2. The molecule has 1 atom stereocenters. The van der Waals surface area contributed by atoms with E-state index in [1.165, 1.54) is 13.4 Å². The Bertz CT molecular complexity index is 740. The zero-order valence-corrected chi connectivity index (χ0v) is 13.5. The largest absolute Gasteiger partial charge is 0.467 e. The van der Waals surface area contributed by atoms with Crippen molar-refractivity contribution in [1.29, 1.82) is 0 Å². The predicted octanol–water partition coefficient (Wildman–Crippen LogP) is 3.11. The van der Waals surface area contributed by atoms with E-state index >= 15 is 0 Å². The second-order valence-electron chi connectivity index (χ2n) is 5.04. The molecule has 2 rings (SSSR count). The highest BCUT2D eigenvalue weighted by atomic mass is 32.2. The second-order valence-corrected chi connectivity index (χ2v) is 6.85. The minimum Gasteiger partial charge on any atom is -0.467 e. The van der Waals surface area contributed by atoms with Crippen molar-refractivity contribution in [2.24, 2.45) is 0 Å². The molecule has 1 aromatic carbocycles. The van der Waals surface area contributed by atoms with E-state index in [0.29, 0.717) is 5.76 Å². The van der Waals surface area contributed by atoms with Crippen molar-refractivity contribution < 1.29 is 30.7 Å². The van der Waals surface area contributed by atoms with Gasteiger partial charge in [0.2, 0.25) is 10.0 Å². The summed E-state index contributed by atoms with van der Waals surface area (Å²) in [6, 6.07) is 7.29. The molecular weight excluding hydrogens is 347 g/mol. The fraction of sp³-hybridized carbons (Fsp3) is 0.333. The third-order valence-electron chi connectivity index (χ3n) is 3.27. The van der Waals surface area contributed by atoms with Crippen LogP contribution in [0.15, 0.2) is 47.1 Å². The molecule has 0 radical (unpaired) electrons. The number of sulfonamides is 1. The first kappa shape index (κ1) is 18.5. The number of furan rings is 1. The van der Waals surface area contributed by atoms with Gasteiger partial charge in [0.15, 0.2) is 0 Å². The Morgan fingerprint density at radius 2 is 1.88 bits per heavy atom. The van der Waals surface area contributed by atoms with Gasteiger partial charge < -0.3 is 9.15 Å². The van der Waals surface area contributed by atoms with Crippen LogP contribution < -0.4 is 4.72 Å². The van der Waals surface area contributed by atoms with E-state index in [9.17, 15) is 21.6 Å². The summed E-state index contributed by atoms with van der Waals surface area (Å²) in [6.45, 7) is -0.0486. The Morgan fingerprint density at radius 3 is 2.38 bits per heavy atom. The molecule has 5 nitrogen and oxygen atoms in total. The van der Waals surface area contributed by atoms with Gasteiger partial charge in [-0.05, 0) is 29.8 Å². The number of nitrogens with one attached hydrogen (secondary N) is 1. The Hall–Kier alpha value is -1.84. The molecule has 0 aliphatic rings. The standard InChI is InChI=1S/C15H16F3NO4S/c1-22-14(13-3-2-8-23-13)9-19-24(20,21)10-11-4-6-12(7-5-11)15(16,17)18/h2-8,14,19H,9-10H2,1H3/t14-/m0/s1. The summed E-state index contributed by atoms with van der Waals surface area (Å²) in [5.41, 5.74) is -0.573. The van der Waals surface area contributed by atoms with E-state index in [0.717, 1.165) is 24.3 Å². The molecule has 0 spiro atoms. The van der Waals surface area contributed by atoms with Gasteiger partial charge in [-0.25, -0.2) is 13.1 Å². The van der Waals surface area contributed by atoms with Gasteiger partial charge >= 0.3 is 6.18 Å². The number of methoxy groups -OCH3 is 1. The molecule has 0 amide bonds. The summed E-state index contributed by atoms with van der Waals surface area (Å²) in [6.07, 6.45) is -3.61. The monoisotopic (exact) mass is 363 g/mol. The molecule has 2 aromatic rings. The molecule has 0 bridgehead atoms. The van der Waals surface area contributed by atoms with E-state index in [-0.39, 0.29) is 12.1 Å². The first-order valence-electron chi connectivity index (χ1n) is 6.91. The first-order valence-corrected chi connectivity index (χ1v) is 8.56. The number of ether oxygens (including phenoxy) is 1. The lowest BCUT2D eigenvalue weighted by Gasteiger charge is -2.14. The normalized spacial score (nSPS) is 13.8. The van der Waals surface area contributed by atoms with Crippen LogP contribution in [0.4, 0.5) is 13.2 Å². The Labute approximate surface area is 137 Å². The molecule has 0 saturated heterocycles. The molecule has 24 heavy (non-hydrogen) atoms. The molecular formula is C15H16F3NO4S. The lowest BCUT2D eigenvalue weighted by Crippen LogP contribution is -2.30. The number of hydrogen-bond acceptors (Lipinski definition) is 4. The number of halogens is 3. The van der Waals surface area contributed by atoms with Crippen molar-refractivity contribution in [3.05, 3.63) is 59.5 Å². The van der Waals surface area contributed by atoms with Crippen molar-refractivity contribution in [2.45, 2.75) is 18.0 Å². The van der Waals surface area contributed by atoms with Crippen LogP contribution >= 0.6 is 0 Å². The van der Waals surface area contributed by atoms with Crippen LogP contribution in [-0.2, 0) is 26.7 Å². The average Bonchev–Trinajstić information content (AvgIpc) is 3.01. The van der Waals surface area contributed by atoms with Crippen LogP contribution in [0.5, 0.6) is 0 Å². The van der Waals surface area contributed by atoms with Crippen LogP contribution in [-0.4, -0.2) is 22.1 Å². The van der Waals surface area contributed by atoms with E-state index in [1.54, 1.807) is 12.1 Å². The fourth-order valence-electron chi connectivity index (χ4n) is 2.04. The minimum absolute atomic E-state index is 0.0486. The third kappa shape index (κ3) is 5.08. The average molecular weight is 363 g/mol. The highest BCUT2D eigenvalue weighted by molar-refractivity contribution is 7.88. The van der Waals surface area contributed by atoms with Crippen molar-refractivity contribution in [2.75, 3.05) is 13.7 Å². The summed E-state index contributed by atoms with van der Waals surface area (Å²) >= 11 is 0. The Kier molecular flexibility index (Phi) is 5.68. The molecule has 0 saturated carbocycles. The fourth-order valence-corrected chi connectivity index (χ4v) is 3.18. The molecule has 0 aliphatic heterocycles. The SMILES string of the molecule is CO[C@@H](CNS(=O)(=O)Cc1ccc(C(F)(F)F)cc1)c1ccco1. The van der Waals surface area contributed by atoms with Crippen LogP contribution in [0.3, 0.4) is 0 Å². The lowest BCUT2D eigenvalue weighted by atomic mass is 10.1. The van der Waals surface area contributed by atoms with Gasteiger partial charge in [0.1, 0.15) is 11.9 Å². The van der Waals surface area contributed by atoms with Crippen LogP contribution in [0.1, 0.15) is 23.0 Å². The minimum atomic E-state index is -4.45. The Morgan fingerprint density at radius 1 is 1.21 bits per heavy atom. The summed E-state index contributed by atoms with van der Waals surface area (Å²) in [5, 5.41) is 0. The lowest BCUT2D eigenvalue weighted by molar-refractivity contribution is -0.137. The molecule has 9 heteroatoms. The molecule has 132 valence electrons. The maximum atomic E-state index is 12.5. The molecule has 1 N–H and O–H groups in total. The predicted molar refractivity (Wildman–Crippen MR) is 80.5 cm³/mol. The van der Waals surface area contributed by atoms with Gasteiger partial charge in [0.25, 0.3) is 0 Å². The quantitative estimate of drug-likeness (QED) is 0.821. The number of rotatable bonds is 7. The number of alkyl halides is 3. The summed E-state index contributed by atoms with van der Waals surface area (Å²) in [5.74, 6) is 0.0365. The van der Waals surface area contributed by atoms with Crippen molar-refractivity contribution in [3.63, 3.8) is 0 Å². The maximum Gasteiger partial charge on any atom is 0.416 e. The third-order valence-corrected chi connectivity index (χ3v) is 4.59. The smallest absolute Gasteiger partial charge is 0.416 e. The second kappa shape index (κ2) is 7.37. The van der Waals surface area contributed by atoms with E-state index in [1.807, 2.05) is 0 Å². The molecule has 0 fully saturated rings. The molecule has 0 aliphatic carbocycles.